The van der Waals surface area contributed by atoms with Crippen molar-refractivity contribution in [3.8, 4) is 6.57 Å². The second kappa shape index (κ2) is 4.51. The lowest BCUT2D eigenvalue weighted by molar-refractivity contribution is 0.592. The van der Waals surface area contributed by atoms with Crippen LogP contribution in [0.1, 0.15) is 26.3 Å². The van der Waals surface area contributed by atoms with Crippen LogP contribution in [0, 0.1) is 11.8 Å². The van der Waals surface area contributed by atoms with Crippen molar-refractivity contribution in [1.82, 2.24) is 0 Å². The second-order valence-electron chi connectivity index (χ2n) is 3.84. The minimum absolute atomic E-state index is 0.158. The van der Waals surface area contributed by atoms with Crippen LogP contribution in [-0.4, -0.2) is 0 Å². The lowest BCUT2D eigenvalue weighted by atomic mass is 9.86. The van der Waals surface area contributed by atoms with Gasteiger partial charge in [0.1, 0.15) is 0 Å². The van der Waals surface area contributed by atoms with Crippen LogP contribution in [0.5, 0.6) is 0 Å². The van der Waals surface area contributed by atoms with Crippen molar-refractivity contribution < 1.29 is 0 Å². The Hall–Kier alpha value is -1.49. The minimum Gasteiger partial charge on any atom is -0.398 e. The summed E-state index contributed by atoms with van der Waals surface area (Å²) in [5, 5.41) is 6.50. The molecule has 0 saturated heterocycles. The van der Waals surface area contributed by atoms with Gasteiger partial charge in [0.2, 0.25) is 0 Å². The molecule has 2 nitrogen and oxygen atoms in total. The van der Waals surface area contributed by atoms with Gasteiger partial charge >= 0.3 is 0 Å². The van der Waals surface area contributed by atoms with Crippen LogP contribution in [0.25, 0.3) is 0 Å². The summed E-state index contributed by atoms with van der Waals surface area (Å²) in [5.74, 6) is 0. The zero-order valence-corrected chi connectivity index (χ0v) is 8.41. The first kappa shape index (κ1) is 11.5. The van der Waals surface area contributed by atoms with Crippen LogP contribution in [-0.2, 0) is 5.41 Å². The molecule has 0 radical (unpaired) electrons. The van der Waals surface area contributed by atoms with Crippen LogP contribution in [0.15, 0.2) is 24.3 Å². The standard InChI is InChI=1S/C10H15N.CHN/c1-10(2,3)8-6-4-5-7-9(8)11;1-2/h4-7H,11H2,1-3H3;1H. The average molecular weight is 176 g/mol. The highest BCUT2D eigenvalue weighted by atomic mass is 14.6. The number of para-hydroxylation sites is 1. The maximum absolute atomic E-state index is 6.50. The van der Waals surface area contributed by atoms with E-state index in [-0.39, 0.29) is 5.41 Å². The number of anilines is 1. The predicted molar refractivity (Wildman–Crippen MR) is 56.2 cm³/mol. The number of nitriles is 1. The molecule has 0 bridgehead atoms. The molecule has 0 fully saturated rings. The number of rotatable bonds is 0. The third-order valence-electron chi connectivity index (χ3n) is 1.77. The molecule has 0 aromatic heterocycles. The van der Waals surface area contributed by atoms with E-state index in [1.54, 1.807) is 0 Å². The van der Waals surface area contributed by atoms with E-state index in [4.69, 9.17) is 11.0 Å². The summed E-state index contributed by atoms with van der Waals surface area (Å²) in [4.78, 5) is 0. The molecule has 0 aliphatic rings. The highest BCUT2D eigenvalue weighted by Crippen LogP contribution is 2.26. The van der Waals surface area contributed by atoms with Gasteiger partial charge in [-0.3, -0.25) is 0 Å². The Kier molecular flexibility index (Phi) is 4.00. The Labute approximate surface area is 80.0 Å². The Morgan fingerprint density at radius 2 is 1.62 bits per heavy atom. The fraction of sp³-hybridized carbons (Fsp3) is 0.364. The average Bonchev–Trinajstić information content (AvgIpc) is 2.07. The predicted octanol–water partition coefficient (Wildman–Crippen LogP) is 2.71. The third-order valence-corrected chi connectivity index (χ3v) is 1.77. The molecule has 0 amide bonds. The number of hydrogen-bond donors (Lipinski definition) is 1. The number of hydrogen-bond acceptors (Lipinski definition) is 2. The highest BCUT2D eigenvalue weighted by Gasteiger charge is 2.15. The van der Waals surface area contributed by atoms with Gasteiger partial charge in [-0.15, -0.1) is 0 Å². The molecule has 0 unspecified atom stereocenters. The molecule has 0 spiro atoms. The monoisotopic (exact) mass is 176 g/mol. The second-order valence-corrected chi connectivity index (χ2v) is 3.84. The van der Waals surface area contributed by atoms with Crippen molar-refractivity contribution in [2.75, 3.05) is 5.73 Å². The van der Waals surface area contributed by atoms with Gasteiger partial charge in [-0.1, -0.05) is 39.0 Å². The Morgan fingerprint density at radius 3 is 1.92 bits per heavy atom. The normalized spacial score (nSPS) is 9.92. The maximum atomic E-state index is 6.50. The number of nitrogen functional groups attached to an aromatic ring is 1. The molecule has 1 rings (SSSR count). The maximum Gasteiger partial charge on any atom is 0.0462 e. The number of nitrogens with two attached hydrogens (primary N) is 1. The first-order valence-electron chi connectivity index (χ1n) is 4.12. The zero-order chi connectivity index (χ0) is 10.5. The lowest BCUT2D eigenvalue weighted by Crippen LogP contribution is -2.13. The minimum atomic E-state index is 0.158. The van der Waals surface area contributed by atoms with Crippen LogP contribution >= 0.6 is 0 Å². The van der Waals surface area contributed by atoms with Gasteiger partial charge in [0.25, 0.3) is 0 Å². The molecule has 1 aromatic carbocycles. The van der Waals surface area contributed by atoms with Gasteiger partial charge in [-0.2, -0.15) is 0 Å². The summed E-state index contributed by atoms with van der Waals surface area (Å²) < 4.78 is 0. The van der Waals surface area contributed by atoms with Crippen molar-refractivity contribution in [2.45, 2.75) is 26.2 Å². The fourth-order valence-electron chi connectivity index (χ4n) is 1.18. The molecular weight excluding hydrogens is 160 g/mol. The van der Waals surface area contributed by atoms with E-state index in [9.17, 15) is 0 Å². The molecule has 0 aliphatic heterocycles. The smallest absolute Gasteiger partial charge is 0.0462 e. The first-order valence-corrected chi connectivity index (χ1v) is 4.12. The summed E-state index contributed by atoms with van der Waals surface area (Å²) in [6.07, 6.45) is 0. The van der Waals surface area contributed by atoms with E-state index >= 15 is 0 Å². The third kappa shape index (κ3) is 3.16. The Bertz CT molecular complexity index is 282. The topological polar surface area (TPSA) is 49.8 Å². The van der Waals surface area contributed by atoms with Crippen molar-refractivity contribution >= 4 is 5.69 Å². The molecule has 0 aliphatic carbocycles. The van der Waals surface area contributed by atoms with Crippen molar-refractivity contribution in [3.05, 3.63) is 29.8 Å². The van der Waals surface area contributed by atoms with Crippen molar-refractivity contribution in [3.63, 3.8) is 0 Å². The molecule has 13 heavy (non-hydrogen) atoms. The van der Waals surface area contributed by atoms with Gasteiger partial charge in [-0.25, -0.2) is 5.26 Å². The van der Waals surface area contributed by atoms with Crippen LogP contribution < -0.4 is 5.73 Å². The van der Waals surface area contributed by atoms with Gasteiger partial charge < -0.3 is 5.73 Å². The Balaban J connectivity index is 0.000000671. The quantitative estimate of drug-likeness (QED) is 0.618. The summed E-state index contributed by atoms with van der Waals surface area (Å²) in [6.45, 7) is 10.00. The number of benzene rings is 1. The summed E-state index contributed by atoms with van der Waals surface area (Å²) in [7, 11) is 0. The Morgan fingerprint density at radius 1 is 1.15 bits per heavy atom. The van der Waals surface area contributed by atoms with Gasteiger partial charge in [0.15, 0.2) is 0 Å². The molecule has 1 aromatic rings. The van der Waals surface area contributed by atoms with E-state index < -0.39 is 0 Å². The summed E-state index contributed by atoms with van der Waals surface area (Å²) in [6, 6.07) is 8.01. The molecular formula is C11H16N2. The largest absolute Gasteiger partial charge is 0.398 e. The SMILES string of the molecule is C#N.CC(C)(C)c1ccccc1N. The zero-order valence-electron chi connectivity index (χ0n) is 8.41. The molecule has 2 heteroatoms. The lowest BCUT2D eigenvalue weighted by Gasteiger charge is -2.20. The van der Waals surface area contributed by atoms with Crippen molar-refractivity contribution in [1.29, 1.82) is 5.26 Å². The van der Waals surface area contributed by atoms with Crippen LogP contribution in [0.3, 0.4) is 0 Å². The molecule has 0 atom stereocenters. The summed E-state index contributed by atoms with van der Waals surface area (Å²) in [5.41, 5.74) is 8.08. The molecule has 0 heterocycles. The van der Waals surface area contributed by atoms with E-state index in [0.717, 1.165) is 5.69 Å². The molecule has 2 N–H and O–H groups in total. The highest BCUT2D eigenvalue weighted by molar-refractivity contribution is 5.49. The molecule has 70 valence electrons. The summed E-state index contributed by atoms with van der Waals surface area (Å²) >= 11 is 0. The van der Waals surface area contributed by atoms with Gasteiger partial charge in [-0.05, 0) is 17.0 Å². The van der Waals surface area contributed by atoms with Gasteiger partial charge in [0, 0.05) is 12.3 Å². The first-order chi connectivity index (χ1) is 6.02. The van der Waals surface area contributed by atoms with E-state index in [1.165, 1.54) is 5.56 Å². The van der Waals surface area contributed by atoms with Crippen LogP contribution in [0.2, 0.25) is 0 Å². The van der Waals surface area contributed by atoms with E-state index in [2.05, 4.69) is 33.4 Å². The molecule has 0 saturated carbocycles. The number of nitrogens with zero attached hydrogens (tertiary/aromatic N) is 1. The van der Waals surface area contributed by atoms with Crippen LogP contribution in [0.4, 0.5) is 5.69 Å². The van der Waals surface area contributed by atoms with E-state index in [0.29, 0.717) is 0 Å². The van der Waals surface area contributed by atoms with Crippen molar-refractivity contribution in [2.24, 2.45) is 0 Å². The van der Waals surface area contributed by atoms with Gasteiger partial charge in [0.05, 0.1) is 0 Å². The fourth-order valence-corrected chi connectivity index (χ4v) is 1.18. The van der Waals surface area contributed by atoms with E-state index in [1.807, 2.05) is 18.2 Å².